The van der Waals surface area contributed by atoms with E-state index in [2.05, 4.69) is 15.5 Å². The minimum atomic E-state index is -0.798. The highest BCUT2D eigenvalue weighted by atomic mass is 16.5. The van der Waals surface area contributed by atoms with Crippen molar-refractivity contribution in [3.05, 3.63) is 36.2 Å². The Morgan fingerprint density at radius 1 is 1.28 bits per heavy atom. The molecule has 1 atom stereocenters. The molecule has 25 heavy (non-hydrogen) atoms. The predicted molar refractivity (Wildman–Crippen MR) is 88.6 cm³/mol. The van der Waals surface area contributed by atoms with E-state index in [1.165, 1.54) is 0 Å². The molecule has 0 aliphatic carbocycles. The van der Waals surface area contributed by atoms with Crippen LogP contribution in [0.3, 0.4) is 0 Å². The van der Waals surface area contributed by atoms with E-state index < -0.39 is 12.0 Å². The Morgan fingerprint density at radius 3 is 2.60 bits per heavy atom. The van der Waals surface area contributed by atoms with E-state index in [0.29, 0.717) is 37.6 Å². The van der Waals surface area contributed by atoms with Gasteiger partial charge in [0.15, 0.2) is 5.82 Å². The number of benzene rings is 1. The number of aromatic nitrogens is 2. The second kappa shape index (κ2) is 7.33. The van der Waals surface area contributed by atoms with Gasteiger partial charge in [-0.05, 0) is 31.9 Å². The average Bonchev–Trinajstić information content (AvgIpc) is 3.13. The molecule has 0 saturated carbocycles. The lowest BCUT2D eigenvalue weighted by atomic mass is 9.97. The number of hydrogen-bond donors (Lipinski definition) is 2. The molecule has 0 spiro atoms. The number of urea groups is 1. The van der Waals surface area contributed by atoms with Crippen molar-refractivity contribution in [2.75, 3.05) is 13.1 Å². The van der Waals surface area contributed by atoms with Crippen molar-refractivity contribution in [1.82, 2.24) is 20.4 Å². The van der Waals surface area contributed by atoms with Gasteiger partial charge in [-0.25, -0.2) is 4.79 Å². The van der Waals surface area contributed by atoms with Crippen LogP contribution >= 0.6 is 0 Å². The Kier molecular flexibility index (Phi) is 4.97. The number of carboxylic acid groups (broad SMARTS) is 1. The molecule has 2 aromatic rings. The molecule has 3 rings (SSSR count). The van der Waals surface area contributed by atoms with E-state index in [4.69, 9.17) is 9.63 Å². The number of piperidine rings is 1. The number of amides is 2. The fourth-order valence-corrected chi connectivity index (χ4v) is 2.78. The zero-order chi connectivity index (χ0) is 17.8. The smallest absolute Gasteiger partial charge is 0.317 e. The molecular weight excluding hydrogens is 324 g/mol. The molecule has 1 aliphatic heterocycles. The molecule has 1 fully saturated rings. The SMILES string of the molecule is CC(NC(=O)N1CCC(C(=O)O)CC1)c1noc(-c2ccccc2)n1. The highest BCUT2D eigenvalue weighted by Gasteiger charge is 2.28. The summed E-state index contributed by atoms with van der Waals surface area (Å²) in [5.41, 5.74) is 0.815. The van der Waals surface area contributed by atoms with Gasteiger partial charge in [0.05, 0.1) is 12.0 Å². The first-order valence-electron chi connectivity index (χ1n) is 8.22. The molecular formula is C17H20N4O4. The number of carboxylic acids is 1. The van der Waals surface area contributed by atoms with Crippen LogP contribution in [-0.4, -0.2) is 45.2 Å². The van der Waals surface area contributed by atoms with Crippen LogP contribution in [0.1, 0.15) is 31.6 Å². The van der Waals surface area contributed by atoms with Gasteiger partial charge in [0, 0.05) is 18.7 Å². The summed E-state index contributed by atoms with van der Waals surface area (Å²) in [4.78, 5) is 29.2. The lowest BCUT2D eigenvalue weighted by Crippen LogP contribution is -2.46. The fraction of sp³-hybridized carbons (Fsp3) is 0.412. The molecule has 2 N–H and O–H groups in total. The van der Waals surface area contributed by atoms with Crippen molar-refractivity contribution >= 4 is 12.0 Å². The zero-order valence-electron chi connectivity index (χ0n) is 13.9. The van der Waals surface area contributed by atoms with Crippen molar-refractivity contribution in [2.24, 2.45) is 5.92 Å². The summed E-state index contributed by atoms with van der Waals surface area (Å²) in [5, 5.41) is 15.8. The number of hydrogen-bond acceptors (Lipinski definition) is 5. The van der Waals surface area contributed by atoms with E-state index >= 15 is 0 Å². The number of carbonyl (C=O) groups is 2. The molecule has 8 nitrogen and oxygen atoms in total. The van der Waals surface area contributed by atoms with Crippen LogP contribution in [0, 0.1) is 5.92 Å². The molecule has 1 aromatic carbocycles. The summed E-state index contributed by atoms with van der Waals surface area (Å²) in [7, 11) is 0. The van der Waals surface area contributed by atoms with Crippen molar-refractivity contribution < 1.29 is 19.2 Å². The normalized spacial score (nSPS) is 16.4. The quantitative estimate of drug-likeness (QED) is 0.881. The number of likely N-dealkylation sites (tertiary alicyclic amines) is 1. The van der Waals surface area contributed by atoms with Gasteiger partial charge < -0.3 is 19.8 Å². The summed E-state index contributed by atoms with van der Waals surface area (Å²) >= 11 is 0. The third-order valence-corrected chi connectivity index (χ3v) is 4.32. The van der Waals surface area contributed by atoms with Gasteiger partial charge in [0.25, 0.3) is 5.89 Å². The van der Waals surface area contributed by atoms with Gasteiger partial charge in [-0.2, -0.15) is 4.98 Å². The maximum atomic E-state index is 12.3. The summed E-state index contributed by atoms with van der Waals surface area (Å²) in [6, 6.07) is 8.74. The van der Waals surface area contributed by atoms with Crippen LogP contribution in [-0.2, 0) is 4.79 Å². The Labute approximate surface area is 144 Å². The standard InChI is InChI=1S/C17H20N4O4/c1-11(14-19-15(25-20-14)12-5-3-2-4-6-12)18-17(24)21-9-7-13(8-10-21)16(22)23/h2-6,11,13H,7-10H2,1H3,(H,18,24)(H,22,23). The number of aliphatic carboxylic acids is 1. The van der Waals surface area contributed by atoms with Crippen LogP contribution < -0.4 is 5.32 Å². The first-order chi connectivity index (χ1) is 12.0. The van der Waals surface area contributed by atoms with Gasteiger partial charge >= 0.3 is 12.0 Å². The lowest BCUT2D eigenvalue weighted by molar-refractivity contribution is -0.143. The van der Waals surface area contributed by atoms with E-state index in [-0.39, 0.29) is 11.9 Å². The Morgan fingerprint density at radius 2 is 1.96 bits per heavy atom. The number of carbonyl (C=O) groups excluding carboxylic acids is 1. The monoisotopic (exact) mass is 344 g/mol. The Hall–Kier alpha value is -2.90. The largest absolute Gasteiger partial charge is 0.481 e. The highest BCUT2D eigenvalue weighted by molar-refractivity contribution is 5.75. The molecule has 2 amide bonds. The van der Waals surface area contributed by atoms with Gasteiger partial charge in [0.1, 0.15) is 0 Å². The third kappa shape index (κ3) is 3.96. The van der Waals surface area contributed by atoms with Crippen LogP contribution in [0.4, 0.5) is 4.79 Å². The number of nitrogens with zero attached hydrogens (tertiary/aromatic N) is 3. The van der Waals surface area contributed by atoms with Crippen LogP contribution in [0.25, 0.3) is 11.5 Å². The van der Waals surface area contributed by atoms with Crippen molar-refractivity contribution in [3.8, 4) is 11.5 Å². The minimum Gasteiger partial charge on any atom is -0.481 e. The van der Waals surface area contributed by atoms with Crippen molar-refractivity contribution in [3.63, 3.8) is 0 Å². The summed E-state index contributed by atoms with van der Waals surface area (Å²) in [6.07, 6.45) is 0.939. The highest BCUT2D eigenvalue weighted by Crippen LogP contribution is 2.20. The van der Waals surface area contributed by atoms with Gasteiger partial charge in [0.2, 0.25) is 0 Å². The van der Waals surface area contributed by atoms with Gasteiger partial charge in [-0.3, -0.25) is 4.79 Å². The van der Waals surface area contributed by atoms with E-state index in [1.54, 1.807) is 11.8 Å². The number of nitrogens with one attached hydrogen (secondary N) is 1. The summed E-state index contributed by atoms with van der Waals surface area (Å²) < 4.78 is 5.25. The van der Waals surface area contributed by atoms with Crippen LogP contribution in [0.2, 0.25) is 0 Å². The number of rotatable bonds is 4. The summed E-state index contributed by atoms with van der Waals surface area (Å²) in [6.45, 7) is 2.63. The van der Waals surface area contributed by atoms with Gasteiger partial charge in [-0.1, -0.05) is 23.4 Å². The van der Waals surface area contributed by atoms with Gasteiger partial charge in [-0.15, -0.1) is 0 Å². The van der Waals surface area contributed by atoms with E-state index in [9.17, 15) is 9.59 Å². The van der Waals surface area contributed by atoms with Crippen LogP contribution in [0.15, 0.2) is 34.9 Å². The summed E-state index contributed by atoms with van der Waals surface area (Å²) in [5.74, 6) is -0.368. The van der Waals surface area contributed by atoms with Crippen LogP contribution in [0.5, 0.6) is 0 Å². The topological polar surface area (TPSA) is 109 Å². The zero-order valence-corrected chi connectivity index (χ0v) is 13.9. The average molecular weight is 344 g/mol. The molecule has 0 radical (unpaired) electrons. The molecule has 1 saturated heterocycles. The Balaban J connectivity index is 1.57. The predicted octanol–water partition coefficient (Wildman–Crippen LogP) is 2.30. The lowest BCUT2D eigenvalue weighted by Gasteiger charge is -2.30. The molecule has 2 heterocycles. The molecule has 0 bridgehead atoms. The maximum absolute atomic E-state index is 12.3. The second-order valence-corrected chi connectivity index (χ2v) is 6.09. The minimum absolute atomic E-state index is 0.248. The Bertz CT molecular complexity index is 738. The molecule has 1 aliphatic rings. The second-order valence-electron chi connectivity index (χ2n) is 6.09. The molecule has 8 heteroatoms. The maximum Gasteiger partial charge on any atom is 0.317 e. The van der Waals surface area contributed by atoms with Crippen molar-refractivity contribution in [2.45, 2.75) is 25.8 Å². The van der Waals surface area contributed by atoms with E-state index in [0.717, 1.165) is 5.56 Å². The van der Waals surface area contributed by atoms with Crippen molar-refractivity contribution in [1.29, 1.82) is 0 Å². The molecule has 132 valence electrons. The molecule has 1 unspecified atom stereocenters. The van der Waals surface area contributed by atoms with E-state index in [1.807, 2.05) is 30.3 Å². The fourth-order valence-electron chi connectivity index (χ4n) is 2.78. The third-order valence-electron chi connectivity index (χ3n) is 4.32. The first kappa shape index (κ1) is 16.9. The molecule has 1 aromatic heterocycles. The first-order valence-corrected chi connectivity index (χ1v) is 8.22.